The first-order valence-corrected chi connectivity index (χ1v) is 5.12. The summed E-state index contributed by atoms with van der Waals surface area (Å²) in [4.78, 5) is 0. The Hall–Kier alpha value is -1.09. The van der Waals surface area contributed by atoms with Gasteiger partial charge >= 0.3 is 0 Å². The highest BCUT2D eigenvalue weighted by atomic mass is 19.1. The maximum Gasteiger partial charge on any atom is 0.151 e. The lowest BCUT2D eigenvalue weighted by Gasteiger charge is -2.31. The number of para-hydroxylation sites is 1. The highest BCUT2D eigenvalue weighted by Gasteiger charge is 2.35. The monoisotopic (exact) mass is 210 g/mol. The number of ether oxygens (including phenoxy) is 2. The maximum absolute atomic E-state index is 14.2. The van der Waals surface area contributed by atoms with Crippen molar-refractivity contribution in [3.8, 4) is 5.75 Å². The second kappa shape index (κ2) is 4.19. The summed E-state index contributed by atoms with van der Waals surface area (Å²) in [6.45, 7) is 0.565. The average Bonchev–Trinajstić information content (AvgIpc) is 2.26. The molecule has 0 radical (unpaired) electrons. The quantitative estimate of drug-likeness (QED) is 0.762. The summed E-state index contributed by atoms with van der Waals surface area (Å²) in [6.07, 6.45) is 0.810. The molecule has 2 nitrogen and oxygen atoms in total. The lowest BCUT2D eigenvalue weighted by Crippen LogP contribution is -2.38. The van der Waals surface area contributed by atoms with Crippen LogP contribution in [0, 0.1) is 0 Å². The van der Waals surface area contributed by atoms with E-state index in [0.29, 0.717) is 19.4 Å². The summed E-state index contributed by atoms with van der Waals surface area (Å²) in [7, 11) is 1.58. The molecule has 1 heterocycles. The first kappa shape index (κ1) is 10.4. The molecule has 0 amide bonds. The van der Waals surface area contributed by atoms with Crippen molar-refractivity contribution in [2.75, 3.05) is 20.3 Å². The smallest absolute Gasteiger partial charge is 0.151 e. The van der Waals surface area contributed by atoms with Crippen LogP contribution < -0.4 is 4.74 Å². The van der Waals surface area contributed by atoms with Crippen LogP contribution in [-0.4, -0.2) is 26.0 Å². The molecule has 0 spiro atoms. The predicted octanol–water partition coefficient (Wildman–Crippen LogP) is 2.37. The lowest BCUT2D eigenvalue weighted by molar-refractivity contribution is 0.0341. The van der Waals surface area contributed by atoms with Crippen LogP contribution in [0.3, 0.4) is 0 Å². The van der Waals surface area contributed by atoms with E-state index in [1.54, 1.807) is 7.11 Å². The van der Waals surface area contributed by atoms with Gasteiger partial charge in [-0.15, -0.1) is 0 Å². The van der Waals surface area contributed by atoms with Gasteiger partial charge in [0.2, 0.25) is 0 Å². The summed E-state index contributed by atoms with van der Waals surface area (Å²) in [5, 5.41) is 0. The van der Waals surface area contributed by atoms with Gasteiger partial charge in [-0.1, -0.05) is 18.2 Å². The second-order valence-corrected chi connectivity index (χ2v) is 3.97. The Labute approximate surface area is 89.0 Å². The average molecular weight is 210 g/mol. The number of benzene rings is 1. The molecule has 3 heteroatoms. The van der Waals surface area contributed by atoms with E-state index in [9.17, 15) is 4.39 Å². The van der Waals surface area contributed by atoms with Gasteiger partial charge in [-0.05, 0) is 11.6 Å². The van der Waals surface area contributed by atoms with Crippen LogP contribution >= 0.6 is 0 Å². The van der Waals surface area contributed by atoms with Crippen LogP contribution in [0.5, 0.6) is 5.75 Å². The Bertz CT molecular complexity index is 340. The summed E-state index contributed by atoms with van der Waals surface area (Å²) in [6, 6.07) is 7.60. The molecule has 1 aromatic rings. The van der Waals surface area contributed by atoms with E-state index in [0.717, 1.165) is 11.3 Å². The van der Waals surface area contributed by atoms with Crippen LogP contribution in [0.25, 0.3) is 0 Å². The van der Waals surface area contributed by atoms with Crippen LogP contribution in [0.4, 0.5) is 4.39 Å². The van der Waals surface area contributed by atoms with Gasteiger partial charge in [-0.25, -0.2) is 4.39 Å². The third kappa shape index (κ3) is 2.29. The van der Waals surface area contributed by atoms with Gasteiger partial charge in [0.1, 0.15) is 12.4 Å². The predicted molar refractivity (Wildman–Crippen MR) is 56.0 cm³/mol. The molecule has 1 aliphatic heterocycles. The number of hydrogen-bond acceptors (Lipinski definition) is 2. The molecule has 0 N–H and O–H groups in total. The van der Waals surface area contributed by atoms with E-state index < -0.39 is 5.67 Å². The molecule has 15 heavy (non-hydrogen) atoms. The topological polar surface area (TPSA) is 18.5 Å². The second-order valence-electron chi connectivity index (χ2n) is 3.97. The molecule has 0 bridgehead atoms. The highest BCUT2D eigenvalue weighted by molar-refractivity contribution is 5.36. The molecule has 2 rings (SSSR count). The van der Waals surface area contributed by atoms with Crippen molar-refractivity contribution in [2.45, 2.75) is 18.5 Å². The van der Waals surface area contributed by atoms with Gasteiger partial charge in [-0.3, -0.25) is 0 Å². The maximum atomic E-state index is 14.2. The molecule has 0 saturated heterocycles. The van der Waals surface area contributed by atoms with Crippen LogP contribution in [-0.2, 0) is 11.2 Å². The van der Waals surface area contributed by atoms with E-state index in [1.807, 2.05) is 24.3 Å². The molecule has 0 aliphatic carbocycles. The van der Waals surface area contributed by atoms with Crippen molar-refractivity contribution in [3.63, 3.8) is 0 Å². The van der Waals surface area contributed by atoms with Crippen molar-refractivity contribution in [3.05, 3.63) is 29.8 Å². The fourth-order valence-electron chi connectivity index (χ4n) is 1.84. The van der Waals surface area contributed by atoms with Gasteiger partial charge in [0.15, 0.2) is 5.67 Å². The molecule has 1 unspecified atom stereocenters. The number of hydrogen-bond donors (Lipinski definition) is 0. The van der Waals surface area contributed by atoms with Crippen molar-refractivity contribution >= 4 is 0 Å². The third-order valence-corrected chi connectivity index (χ3v) is 2.72. The Kier molecular flexibility index (Phi) is 2.91. The van der Waals surface area contributed by atoms with E-state index in [-0.39, 0.29) is 6.61 Å². The summed E-state index contributed by atoms with van der Waals surface area (Å²) >= 11 is 0. The summed E-state index contributed by atoms with van der Waals surface area (Å²) < 4.78 is 24.5. The molecule has 1 atom stereocenters. The zero-order valence-corrected chi connectivity index (χ0v) is 8.83. The molecule has 82 valence electrons. The first-order valence-electron chi connectivity index (χ1n) is 5.12. The van der Waals surface area contributed by atoms with Crippen molar-refractivity contribution in [1.29, 1.82) is 0 Å². The van der Waals surface area contributed by atoms with Crippen LogP contribution in [0.2, 0.25) is 0 Å². The molecular weight excluding hydrogens is 195 g/mol. The Morgan fingerprint density at radius 2 is 2.27 bits per heavy atom. The normalized spacial score (nSPS) is 24.4. The molecule has 1 aliphatic rings. The highest BCUT2D eigenvalue weighted by Crippen LogP contribution is 2.33. The van der Waals surface area contributed by atoms with Gasteiger partial charge < -0.3 is 9.47 Å². The first-order chi connectivity index (χ1) is 7.23. The lowest BCUT2D eigenvalue weighted by atomic mass is 9.91. The van der Waals surface area contributed by atoms with E-state index in [2.05, 4.69) is 0 Å². The third-order valence-electron chi connectivity index (χ3n) is 2.72. The van der Waals surface area contributed by atoms with Crippen LogP contribution in [0.15, 0.2) is 24.3 Å². The van der Waals surface area contributed by atoms with E-state index >= 15 is 0 Å². The molecule has 0 saturated carbocycles. The summed E-state index contributed by atoms with van der Waals surface area (Å²) in [5.41, 5.74) is -0.327. The minimum absolute atomic E-state index is 0.132. The van der Waals surface area contributed by atoms with Gasteiger partial charge in [0.25, 0.3) is 0 Å². The molecule has 1 aromatic carbocycles. The minimum Gasteiger partial charge on any atom is -0.490 e. The number of methoxy groups -OCH3 is 1. The Morgan fingerprint density at radius 3 is 3.07 bits per heavy atom. The fraction of sp³-hybridized carbons (Fsp3) is 0.500. The van der Waals surface area contributed by atoms with Crippen LogP contribution in [0.1, 0.15) is 12.0 Å². The zero-order chi connectivity index (χ0) is 10.7. The molecule has 0 fully saturated rings. The largest absolute Gasteiger partial charge is 0.490 e. The van der Waals surface area contributed by atoms with E-state index in [1.165, 1.54) is 0 Å². The number of alkyl halides is 1. The van der Waals surface area contributed by atoms with E-state index in [4.69, 9.17) is 9.47 Å². The summed E-state index contributed by atoms with van der Waals surface area (Å²) in [5.74, 6) is 0.809. The van der Waals surface area contributed by atoms with Gasteiger partial charge in [0, 0.05) is 26.6 Å². The number of fused-ring (bicyclic) bond motifs is 1. The van der Waals surface area contributed by atoms with Crippen molar-refractivity contribution in [2.24, 2.45) is 0 Å². The van der Waals surface area contributed by atoms with Crippen molar-refractivity contribution < 1.29 is 13.9 Å². The standard InChI is InChI=1S/C12H15FO2/c1-14-7-6-12(13)8-10-4-2-3-5-11(10)15-9-12/h2-5H,6-9H2,1H3. The molecular formula is C12H15FO2. The van der Waals surface area contributed by atoms with Gasteiger partial charge in [-0.2, -0.15) is 0 Å². The minimum atomic E-state index is -1.27. The Morgan fingerprint density at radius 1 is 1.47 bits per heavy atom. The zero-order valence-electron chi connectivity index (χ0n) is 8.83. The fourth-order valence-corrected chi connectivity index (χ4v) is 1.84. The SMILES string of the molecule is COCCC1(F)COc2ccccc2C1. The number of halogens is 1. The van der Waals surface area contributed by atoms with Gasteiger partial charge in [0.05, 0.1) is 0 Å². The Balaban J connectivity index is 2.10. The van der Waals surface area contributed by atoms with Crippen molar-refractivity contribution in [1.82, 2.24) is 0 Å². The number of rotatable bonds is 3. The molecule has 0 aromatic heterocycles.